The standard InChI is InChI=1S/C30H19BN2O/c1-2-10-20(11-3-1)32-25-15-7-8-16-26(25)33-24-14-6-5-13-23(24)31-29-22(18-19-27(32)30(29)33)21-12-4-9-17-28(21)34-31/h1-19H. The van der Waals surface area contributed by atoms with Crippen LogP contribution in [0.1, 0.15) is 0 Å². The molecule has 0 spiro atoms. The lowest BCUT2D eigenvalue weighted by Crippen LogP contribution is -2.56. The molecule has 4 heteroatoms. The number of para-hydroxylation sites is 5. The third kappa shape index (κ3) is 2.22. The molecule has 0 bridgehead atoms. The summed E-state index contributed by atoms with van der Waals surface area (Å²) >= 11 is 0. The highest BCUT2D eigenvalue weighted by Gasteiger charge is 2.46. The molecule has 3 aliphatic heterocycles. The molecule has 34 heavy (non-hydrogen) atoms. The van der Waals surface area contributed by atoms with E-state index in [9.17, 15) is 0 Å². The molecule has 0 amide bonds. The van der Waals surface area contributed by atoms with Gasteiger partial charge < -0.3 is 14.5 Å². The molecule has 0 aromatic heterocycles. The molecule has 3 heterocycles. The third-order valence-electron chi connectivity index (χ3n) is 7.18. The molecule has 5 aromatic carbocycles. The Balaban J connectivity index is 1.52. The summed E-state index contributed by atoms with van der Waals surface area (Å²) in [5.74, 6) is 0.944. The van der Waals surface area contributed by atoms with E-state index in [1.807, 2.05) is 0 Å². The van der Waals surface area contributed by atoms with Crippen LogP contribution in [0.4, 0.5) is 34.1 Å². The molecule has 0 fully saturated rings. The number of rotatable bonds is 1. The van der Waals surface area contributed by atoms with Gasteiger partial charge in [-0.2, -0.15) is 0 Å². The van der Waals surface area contributed by atoms with Crippen molar-refractivity contribution in [2.45, 2.75) is 0 Å². The first-order valence-electron chi connectivity index (χ1n) is 11.7. The molecule has 5 aromatic rings. The van der Waals surface area contributed by atoms with E-state index in [4.69, 9.17) is 4.65 Å². The van der Waals surface area contributed by atoms with E-state index in [1.54, 1.807) is 0 Å². The maximum Gasteiger partial charge on any atom is 0.431 e. The highest BCUT2D eigenvalue weighted by molar-refractivity contribution is 6.86. The summed E-state index contributed by atoms with van der Waals surface area (Å²) in [5.41, 5.74) is 11.9. The van der Waals surface area contributed by atoms with E-state index in [-0.39, 0.29) is 6.92 Å². The van der Waals surface area contributed by atoms with Gasteiger partial charge in [0.2, 0.25) is 0 Å². The summed E-state index contributed by atoms with van der Waals surface area (Å²) in [4.78, 5) is 4.82. The zero-order valence-corrected chi connectivity index (χ0v) is 18.3. The first-order valence-corrected chi connectivity index (χ1v) is 11.7. The predicted molar refractivity (Wildman–Crippen MR) is 140 cm³/mol. The van der Waals surface area contributed by atoms with Gasteiger partial charge in [-0.1, -0.05) is 72.8 Å². The van der Waals surface area contributed by atoms with Crippen LogP contribution in [0.15, 0.2) is 115 Å². The summed E-state index contributed by atoms with van der Waals surface area (Å²) in [5, 5.41) is 0. The number of hydrogen-bond acceptors (Lipinski definition) is 3. The molecule has 3 nitrogen and oxygen atoms in total. The largest absolute Gasteiger partial charge is 0.551 e. The van der Waals surface area contributed by atoms with Crippen LogP contribution in [0.25, 0.3) is 11.1 Å². The van der Waals surface area contributed by atoms with Crippen molar-refractivity contribution < 1.29 is 4.65 Å². The van der Waals surface area contributed by atoms with Crippen LogP contribution in [0.3, 0.4) is 0 Å². The van der Waals surface area contributed by atoms with Gasteiger partial charge in [-0.15, -0.1) is 0 Å². The SMILES string of the molecule is c1ccc(N2c3ccccc3N3c4ccccc4B4Oc5ccccc5-c5ccc2c3c54)cc1. The minimum atomic E-state index is -0.143. The van der Waals surface area contributed by atoms with E-state index >= 15 is 0 Å². The van der Waals surface area contributed by atoms with E-state index in [0.717, 1.165) is 17.0 Å². The lowest BCUT2D eigenvalue weighted by molar-refractivity contribution is 0.590. The fourth-order valence-electron chi connectivity index (χ4n) is 5.82. The number of hydrogen-bond donors (Lipinski definition) is 0. The van der Waals surface area contributed by atoms with Crippen LogP contribution in [-0.4, -0.2) is 6.92 Å². The van der Waals surface area contributed by atoms with Gasteiger partial charge in [-0.3, -0.25) is 0 Å². The van der Waals surface area contributed by atoms with Gasteiger partial charge in [0, 0.05) is 22.4 Å². The van der Waals surface area contributed by atoms with Gasteiger partial charge in [0.25, 0.3) is 0 Å². The summed E-state index contributed by atoms with van der Waals surface area (Å²) in [7, 11) is 0. The first kappa shape index (κ1) is 18.0. The second-order valence-corrected chi connectivity index (χ2v) is 8.94. The van der Waals surface area contributed by atoms with Crippen LogP contribution < -0.4 is 25.4 Å². The van der Waals surface area contributed by atoms with Crippen LogP contribution in [-0.2, 0) is 0 Å². The molecule has 0 N–H and O–H groups in total. The molecule has 0 saturated carbocycles. The third-order valence-corrected chi connectivity index (χ3v) is 7.18. The summed E-state index contributed by atoms with van der Waals surface area (Å²) in [6.07, 6.45) is 0. The molecule has 0 saturated heterocycles. The lowest BCUT2D eigenvalue weighted by atomic mass is 9.49. The van der Waals surface area contributed by atoms with Gasteiger partial charge in [0.15, 0.2) is 0 Å². The molecular weight excluding hydrogens is 415 g/mol. The Hall–Kier alpha value is -4.44. The van der Waals surface area contributed by atoms with Crippen LogP contribution in [0, 0.1) is 0 Å². The van der Waals surface area contributed by atoms with E-state index in [2.05, 4.69) is 125 Å². The fraction of sp³-hybridized carbons (Fsp3) is 0. The second-order valence-electron chi connectivity index (χ2n) is 8.94. The van der Waals surface area contributed by atoms with E-state index in [0.29, 0.717) is 0 Å². The quantitative estimate of drug-likeness (QED) is 0.278. The van der Waals surface area contributed by atoms with Gasteiger partial charge in [-0.25, -0.2) is 0 Å². The molecule has 0 atom stereocenters. The van der Waals surface area contributed by atoms with Crippen LogP contribution >= 0.6 is 0 Å². The molecule has 158 valence electrons. The van der Waals surface area contributed by atoms with Gasteiger partial charge in [-0.05, 0) is 53.5 Å². The normalized spacial score (nSPS) is 13.9. The number of nitrogens with zero attached hydrogens (tertiary/aromatic N) is 2. The summed E-state index contributed by atoms with van der Waals surface area (Å²) in [6.45, 7) is -0.143. The van der Waals surface area contributed by atoms with Gasteiger partial charge in [0.1, 0.15) is 5.75 Å². The molecule has 3 aliphatic rings. The zero-order chi connectivity index (χ0) is 22.2. The maximum absolute atomic E-state index is 6.72. The summed E-state index contributed by atoms with van der Waals surface area (Å²) in [6, 6.07) is 40.9. The molecule has 8 rings (SSSR count). The second kappa shape index (κ2) is 6.55. The van der Waals surface area contributed by atoms with Crippen molar-refractivity contribution in [1.82, 2.24) is 0 Å². The minimum absolute atomic E-state index is 0.143. The van der Waals surface area contributed by atoms with Crippen molar-refractivity contribution in [3.63, 3.8) is 0 Å². The number of benzene rings is 5. The van der Waals surface area contributed by atoms with E-state index < -0.39 is 0 Å². The predicted octanol–water partition coefficient (Wildman–Crippen LogP) is 6.42. The maximum atomic E-state index is 6.72. The Morgan fingerprint density at radius 3 is 2.03 bits per heavy atom. The highest BCUT2D eigenvalue weighted by atomic mass is 16.4. The van der Waals surface area contributed by atoms with Crippen molar-refractivity contribution in [2.75, 3.05) is 9.80 Å². The van der Waals surface area contributed by atoms with Crippen molar-refractivity contribution in [1.29, 1.82) is 0 Å². The molecular formula is C30H19BN2O. The number of anilines is 6. The van der Waals surface area contributed by atoms with Crippen LogP contribution in [0.5, 0.6) is 5.75 Å². The topological polar surface area (TPSA) is 15.7 Å². The summed E-state index contributed by atoms with van der Waals surface area (Å²) < 4.78 is 6.72. The van der Waals surface area contributed by atoms with Crippen LogP contribution in [0.2, 0.25) is 0 Å². The Kier molecular flexibility index (Phi) is 3.48. The Labute approximate surface area is 198 Å². The van der Waals surface area contributed by atoms with Crippen molar-refractivity contribution in [2.24, 2.45) is 0 Å². The number of fused-ring (bicyclic) bond motifs is 7. The Bertz CT molecular complexity index is 1610. The van der Waals surface area contributed by atoms with Crippen molar-refractivity contribution in [3.8, 4) is 16.9 Å². The zero-order valence-electron chi connectivity index (χ0n) is 18.3. The van der Waals surface area contributed by atoms with Crippen molar-refractivity contribution >= 4 is 52.0 Å². The Morgan fingerprint density at radius 2 is 1.18 bits per heavy atom. The molecule has 0 unspecified atom stereocenters. The van der Waals surface area contributed by atoms with Gasteiger partial charge in [0.05, 0.1) is 22.7 Å². The molecule has 0 aliphatic carbocycles. The lowest BCUT2D eigenvalue weighted by Gasteiger charge is -2.46. The highest BCUT2D eigenvalue weighted by Crippen LogP contribution is 2.55. The van der Waals surface area contributed by atoms with Crippen molar-refractivity contribution in [3.05, 3.63) is 115 Å². The fourth-order valence-corrected chi connectivity index (χ4v) is 5.82. The smallest absolute Gasteiger partial charge is 0.431 e. The minimum Gasteiger partial charge on any atom is -0.551 e. The molecule has 0 radical (unpaired) electrons. The van der Waals surface area contributed by atoms with Gasteiger partial charge >= 0.3 is 6.92 Å². The Morgan fingerprint density at radius 1 is 0.500 bits per heavy atom. The average Bonchev–Trinajstić information content (AvgIpc) is 2.91. The monoisotopic (exact) mass is 434 g/mol. The first-order chi connectivity index (χ1) is 16.9. The average molecular weight is 434 g/mol. The van der Waals surface area contributed by atoms with E-state index in [1.165, 1.54) is 44.9 Å².